The largest absolute Gasteiger partial charge is 0.504 e. The third-order valence-corrected chi connectivity index (χ3v) is 3.44. The van der Waals surface area contributed by atoms with Gasteiger partial charge < -0.3 is 15.5 Å². The summed E-state index contributed by atoms with van der Waals surface area (Å²) in [4.78, 5) is 12.1. The van der Waals surface area contributed by atoms with E-state index in [0.29, 0.717) is 5.56 Å². The Morgan fingerprint density at radius 1 is 1.32 bits per heavy atom. The van der Waals surface area contributed by atoms with Crippen LogP contribution in [-0.2, 0) is 0 Å². The highest BCUT2D eigenvalue weighted by molar-refractivity contribution is 9.09. The summed E-state index contributed by atoms with van der Waals surface area (Å²) in [7, 11) is 0. The van der Waals surface area contributed by atoms with Crippen molar-refractivity contribution in [1.29, 1.82) is 0 Å². The van der Waals surface area contributed by atoms with Gasteiger partial charge in [0.25, 0.3) is 5.91 Å². The van der Waals surface area contributed by atoms with Gasteiger partial charge in [-0.3, -0.25) is 4.79 Å². The molecule has 0 aromatic heterocycles. The normalized spacial score (nSPS) is 13.1. The van der Waals surface area contributed by atoms with E-state index >= 15 is 0 Å². The Labute approximate surface area is 122 Å². The molecule has 0 fully saturated rings. The number of halogens is 1. The molecule has 0 heterocycles. The predicted molar refractivity (Wildman–Crippen MR) is 78.9 cm³/mol. The number of hydrogen-bond donors (Lipinski definition) is 3. The Morgan fingerprint density at radius 3 is 2.42 bits per heavy atom. The van der Waals surface area contributed by atoms with Crippen molar-refractivity contribution in [3.63, 3.8) is 0 Å². The second-order valence-corrected chi connectivity index (χ2v) is 6.37. The summed E-state index contributed by atoms with van der Waals surface area (Å²) in [6, 6.07) is 4.08. The molecular formula is C14H20BrNO3. The van der Waals surface area contributed by atoms with Crippen LogP contribution in [0.2, 0.25) is 0 Å². The van der Waals surface area contributed by atoms with E-state index in [9.17, 15) is 15.0 Å². The number of benzene rings is 1. The van der Waals surface area contributed by atoms with Gasteiger partial charge in [0.05, 0.1) is 0 Å². The molecule has 0 aliphatic carbocycles. The smallest absolute Gasteiger partial charge is 0.251 e. The first-order chi connectivity index (χ1) is 8.75. The summed E-state index contributed by atoms with van der Waals surface area (Å²) < 4.78 is 0. The minimum absolute atomic E-state index is 0.0234. The van der Waals surface area contributed by atoms with Crippen molar-refractivity contribution in [2.45, 2.75) is 33.2 Å². The topological polar surface area (TPSA) is 69.6 Å². The lowest BCUT2D eigenvalue weighted by atomic mass is 9.85. The van der Waals surface area contributed by atoms with Gasteiger partial charge in [0.2, 0.25) is 0 Å². The van der Waals surface area contributed by atoms with Crippen molar-refractivity contribution in [2.24, 2.45) is 5.41 Å². The molecule has 0 saturated heterocycles. The summed E-state index contributed by atoms with van der Waals surface area (Å²) in [6.45, 7) is 6.19. The molecule has 0 aliphatic heterocycles. The molecule has 0 spiro atoms. The molecular weight excluding hydrogens is 310 g/mol. The molecule has 1 rings (SSSR count). The molecule has 1 aromatic carbocycles. The molecule has 0 radical (unpaired) electrons. The Bertz CT molecular complexity index is 454. The fourth-order valence-corrected chi connectivity index (χ4v) is 2.19. The molecule has 19 heavy (non-hydrogen) atoms. The highest BCUT2D eigenvalue weighted by atomic mass is 79.9. The van der Waals surface area contributed by atoms with Crippen LogP contribution in [0.4, 0.5) is 0 Å². The number of carbonyl (C=O) groups excluding carboxylic acids is 1. The van der Waals surface area contributed by atoms with Crippen LogP contribution in [0.1, 0.15) is 37.6 Å². The molecule has 3 N–H and O–H groups in total. The number of hydrogen-bond acceptors (Lipinski definition) is 3. The zero-order chi connectivity index (χ0) is 14.6. The number of nitrogens with one attached hydrogen (secondary N) is 1. The number of alkyl halides is 1. The summed E-state index contributed by atoms with van der Waals surface area (Å²) >= 11 is 3.39. The summed E-state index contributed by atoms with van der Waals surface area (Å²) in [5, 5.41) is 22.4. The molecule has 1 atom stereocenters. The maximum atomic E-state index is 12.1. The van der Waals surface area contributed by atoms with Crippen molar-refractivity contribution >= 4 is 21.8 Å². The van der Waals surface area contributed by atoms with E-state index in [1.165, 1.54) is 18.2 Å². The minimum Gasteiger partial charge on any atom is -0.504 e. The van der Waals surface area contributed by atoms with Crippen molar-refractivity contribution in [3.05, 3.63) is 23.8 Å². The van der Waals surface area contributed by atoms with Gasteiger partial charge in [-0.15, -0.1) is 0 Å². The molecule has 0 saturated carbocycles. The lowest BCUT2D eigenvalue weighted by molar-refractivity contribution is 0.0900. The molecule has 1 unspecified atom stereocenters. The van der Waals surface area contributed by atoms with E-state index in [1.807, 2.05) is 0 Å². The third-order valence-electron chi connectivity index (χ3n) is 2.99. The first kappa shape index (κ1) is 15.8. The van der Waals surface area contributed by atoms with Crippen LogP contribution < -0.4 is 5.32 Å². The van der Waals surface area contributed by atoms with Crippen molar-refractivity contribution in [2.75, 3.05) is 5.33 Å². The van der Waals surface area contributed by atoms with Crippen LogP contribution in [0.5, 0.6) is 11.5 Å². The predicted octanol–water partition coefficient (Wildman–Crippen LogP) is 3.03. The van der Waals surface area contributed by atoms with Crippen LogP contribution in [-0.4, -0.2) is 27.5 Å². The summed E-state index contributed by atoms with van der Waals surface area (Å²) in [5.41, 5.74) is 0.279. The third kappa shape index (κ3) is 4.42. The highest BCUT2D eigenvalue weighted by Crippen LogP contribution is 2.26. The van der Waals surface area contributed by atoms with Gasteiger partial charge in [-0.1, -0.05) is 36.7 Å². The summed E-state index contributed by atoms with van der Waals surface area (Å²) in [6.07, 6.45) is 0.819. The minimum atomic E-state index is -0.291. The van der Waals surface area contributed by atoms with Crippen LogP contribution >= 0.6 is 15.9 Å². The first-order valence-electron chi connectivity index (χ1n) is 6.14. The number of aromatic hydroxyl groups is 2. The Balaban J connectivity index is 2.84. The lowest BCUT2D eigenvalue weighted by Gasteiger charge is -2.31. The van der Waals surface area contributed by atoms with Crippen LogP contribution in [0, 0.1) is 5.41 Å². The molecule has 1 aromatic rings. The van der Waals surface area contributed by atoms with Crippen LogP contribution in [0.15, 0.2) is 18.2 Å². The van der Waals surface area contributed by atoms with Crippen LogP contribution in [0.3, 0.4) is 0 Å². The molecule has 0 bridgehead atoms. The second-order valence-electron chi connectivity index (χ2n) is 5.57. The number of amides is 1. The monoisotopic (exact) mass is 329 g/mol. The van der Waals surface area contributed by atoms with Gasteiger partial charge in [0, 0.05) is 16.9 Å². The molecule has 4 nitrogen and oxygen atoms in total. The zero-order valence-corrected chi connectivity index (χ0v) is 13.0. The Morgan fingerprint density at radius 2 is 1.95 bits per heavy atom. The molecule has 0 aliphatic rings. The number of rotatable bonds is 4. The van der Waals surface area contributed by atoms with Gasteiger partial charge in [-0.05, 0) is 30.0 Å². The van der Waals surface area contributed by atoms with Crippen LogP contribution in [0.25, 0.3) is 0 Å². The van der Waals surface area contributed by atoms with Gasteiger partial charge in [0.15, 0.2) is 11.5 Å². The van der Waals surface area contributed by atoms with Crippen molar-refractivity contribution < 1.29 is 15.0 Å². The average Bonchev–Trinajstić information content (AvgIpc) is 2.30. The second kappa shape index (κ2) is 6.28. The Kier molecular flexibility index (Phi) is 5.23. The molecule has 1 amide bonds. The standard InChI is InChI=1S/C14H20BrNO3/c1-14(2,3)12(6-7-15)16-13(19)9-4-5-10(17)11(18)8-9/h4-5,8,12,17-18H,6-7H2,1-3H3,(H,16,19). The molecule has 5 heteroatoms. The highest BCUT2D eigenvalue weighted by Gasteiger charge is 2.26. The van der Waals surface area contributed by atoms with E-state index < -0.39 is 0 Å². The fraction of sp³-hybridized carbons (Fsp3) is 0.500. The maximum Gasteiger partial charge on any atom is 0.251 e. The van der Waals surface area contributed by atoms with E-state index in [4.69, 9.17) is 0 Å². The van der Waals surface area contributed by atoms with E-state index in [-0.39, 0.29) is 28.9 Å². The van der Waals surface area contributed by atoms with Crippen molar-refractivity contribution in [1.82, 2.24) is 5.32 Å². The SMILES string of the molecule is CC(C)(C)C(CCBr)NC(=O)c1ccc(O)c(O)c1. The average molecular weight is 330 g/mol. The zero-order valence-electron chi connectivity index (χ0n) is 11.4. The first-order valence-corrected chi connectivity index (χ1v) is 7.26. The van der Waals surface area contributed by atoms with Gasteiger partial charge >= 0.3 is 0 Å². The lowest BCUT2D eigenvalue weighted by Crippen LogP contribution is -2.44. The van der Waals surface area contributed by atoms with Gasteiger partial charge in [-0.2, -0.15) is 0 Å². The number of carbonyl (C=O) groups is 1. The quantitative estimate of drug-likeness (QED) is 0.587. The number of phenolic OH excluding ortho intramolecular Hbond substituents is 2. The summed E-state index contributed by atoms with van der Waals surface area (Å²) in [5.74, 6) is -0.777. The maximum absolute atomic E-state index is 12.1. The van der Waals surface area contributed by atoms with Gasteiger partial charge in [0.1, 0.15) is 0 Å². The van der Waals surface area contributed by atoms with Crippen molar-refractivity contribution in [3.8, 4) is 11.5 Å². The van der Waals surface area contributed by atoms with Gasteiger partial charge in [-0.25, -0.2) is 0 Å². The Hall–Kier alpha value is -1.23. The fourth-order valence-electron chi connectivity index (χ4n) is 1.74. The van der Waals surface area contributed by atoms with E-state index in [2.05, 4.69) is 42.0 Å². The number of phenols is 2. The van der Waals surface area contributed by atoms with E-state index in [0.717, 1.165) is 11.8 Å². The van der Waals surface area contributed by atoms with E-state index in [1.54, 1.807) is 0 Å². The molecule has 106 valence electrons.